The Morgan fingerprint density at radius 3 is 2.46 bits per heavy atom. The number of hydrogen-bond acceptors (Lipinski definition) is 5. The zero-order valence-electron chi connectivity index (χ0n) is 15.4. The van der Waals surface area contributed by atoms with E-state index in [2.05, 4.69) is 15.9 Å². The third-order valence-electron chi connectivity index (χ3n) is 4.54. The molecule has 0 aliphatic rings. The quantitative estimate of drug-likeness (QED) is 0.403. The summed E-state index contributed by atoms with van der Waals surface area (Å²) < 4.78 is 12.3. The number of thiophene rings is 1. The number of carboxylic acids is 1. The van der Waals surface area contributed by atoms with Crippen molar-refractivity contribution >= 4 is 49.3 Å². The molecule has 0 bridgehead atoms. The van der Waals surface area contributed by atoms with Crippen LogP contribution in [0.5, 0.6) is 5.75 Å². The number of carboxylic acid groups (broad SMARTS) is 1. The van der Waals surface area contributed by atoms with Crippen LogP contribution in [0.15, 0.2) is 53.0 Å². The van der Waals surface area contributed by atoms with E-state index >= 15 is 0 Å². The minimum Gasteiger partial charge on any atom is -0.497 e. The Labute approximate surface area is 175 Å². The molecular weight excluding hydrogens is 444 g/mol. The number of fused-ring (bicyclic) bond motifs is 1. The van der Waals surface area contributed by atoms with Gasteiger partial charge in [-0.25, -0.2) is 0 Å². The van der Waals surface area contributed by atoms with Crippen molar-refractivity contribution in [3.63, 3.8) is 0 Å². The van der Waals surface area contributed by atoms with Crippen LogP contribution in [0.1, 0.15) is 17.4 Å². The summed E-state index contributed by atoms with van der Waals surface area (Å²) in [6.45, 7) is 1.76. The summed E-state index contributed by atoms with van der Waals surface area (Å²) >= 11 is 4.92. The normalized spacial score (nSPS) is 13.1. The van der Waals surface area contributed by atoms with Gasteiger partial charge in [-0.1, -0.05) is 28.1 Å². The fourth-order valence-corrected chi connectivity index (χ4v) is 4.63. The molecule has 0 aliphatic heterocycles. The topological polar surface area (TPSA) is 72.8 Å². The summed E-state index contributed by atoms with van der Waals surface area (Å²) in [6, 6.07) is 14.3. The highest BCUT2D eigenvalue weighted by atomic mass is 79.9. The fourth-order valence-electron chi connectivity index (χ4n) is 3.13. The Bertz CT molecular complexity index is 1010. The second-order valence-electron chi connectivity index (χ2n) is 6.23. The lowest BCUT2D eigenvalue weighted by Crippen LogP contribution is -2.46. The maximum atomic E-state index is 12.9. The third kappa shape index (κ3) is 3.77. The molecule has 146 valence electrons. The highest BCUT2D eigenvalue weighted by Crippen LogP contribution is 2.37. The molecule has 7 heteroatoms. The van der Waals surface area contributed by atoms with Crippen LogP contribution in [0.25, 0.3) is 10.1 Å². The molecule has 1 unspecified atom stereocenters. The Hall–Kier alpha value is -2.38. The van der Waals surface area contributed by atoms with Crippen LogP contribution in [0.4, 0.5) is 0 Å². The number of esters is 1. The molecule has 0 fully saturated rings. The van der Waals surface area contributed by atoms with Gasteiger partial charge in [0.05, 0.1) is 13.7 Å². The van der Waals surface area contributed by atoms with Crippen molar-refractivity contribution in [1.82, 2.24) is 0 Å². The van der Waals surface area contributed by atoms with Crippen LogP contribution in [-0.4, -0.2) is 30.8 Å². The van der Waals surface area contributed by atoms with Gasteiger partial charge in [-0.05, 0) is 54.3 Å². The summed E-state index contributed by atoms with van der Waals surface area (Å²) in [7, 11) is 1.53. The van der Waals surface area contributed by atoms with E-state index in [1.54, 1.807) is 31.2 Å². The SMILES string of the molecule is CCOC(=O)C(Cc1cc2cc(Br)ccc2s1)(C(=O)O)c1ccc(OC)cc1. The molecular formula is C21H19BrO5S. The molecule has 2 aromatic carbocycles. The number of benzene rings is 2. The molecule has 1 heterocycles. The second-order valence-corrected chi connectivity index (χ2v) is 8.32. The number of ether oxygens (including phenoxy) is 2. The van der Waals surface area contributed by atoms with Crippen molar-refractivity contribution in [2.45, 2.75) is 18.8 Å². The number of carbonyl (C=O) groups is 2. The van der Waals surface area contributed by atoms with Gasteiger partial charge >= 0.3 is 11.9 Å². The smallest absolute Gasteiger partial charge is 0.328 e. The van der Waals surface area contributed by atoms with Gasteiger partial charge < -0.3 is 14.6 Å². The Kier molecular flexibility index (Phi) is 6.05. The Morgan fingerprint density at radius 1 is 1.14 bits per heavy atom. The molecule has 5 nitrogen and oxygen atoms in total. The van der Waals surface area contributed by atoms with Crippen LogP contribution in [0, 0.1) is 0 Å². The molecule has 0 saturated heterocycles. The van der Waals surface area contributed by atoms with Crippen molar-refractivity contribution in [2.24, 2.45) is 0 Å². The van der Waals surface area contributed by atoms with Crippen LogP contribution in [-0.2, 0) is 26.2 Å². The number of carbonyl (C=O) groups excluding carboxylic acids is 1. The summed E-state index contributed by atoms with van der Waals surface area (Å²) in [5.74, 6) is -1.43. The maximum Gasteiger partial charge on any atom is 0.328 e. The van der Waals surface area contributed by atoms with Crippen molar-refractivity contribution in [3.05, 3.63) is 63.4 Å². The molecule has 3 aromatic rings. The molecule has 0 saturated carbocycles. The lowest BCUT2D eigenvalue weighted by atomic mass is 9.77. The van der Waals surface area contributed by atoms with Crippen molar-refractivity contribution in [2.75, 3.05) is 13.7 Å². The average molecular weight is 463 g/mol. The van der Waals surface area contributed by atoms with E-state index in [0.717, 1.165) is 19.4 Å². The first-order valence-corrected chi connectivity index (χ1v) is 10.2. The van der Waals surface area contributed by atoms with Gasteiger partial charge in [-0.3, -0.25) is 9.59 Å². The van der Waals surface area contributed by atoms with E-state index in [1.807, 2.05) is 24.3 Å². The zero-order chi connectivity index (χ0) is 20.3. The summed E-state index contributed by atoms with van der Waals surface area (Å²) in [5.41, 5.74) is -1.47. The van der Waals surface area contributed by atoms with Gasteiger partial charge in [0.25, 0.3) is 0 Å². The third-order valence-corrected chi connectivity index (χ3v) is 6.15. The predicted octanol–water partition coefficient (Wildman–Crippen LogP) is 4.80. The van der Waals surface area contributed by atoms with Gasteiger partial charge in [0.2, 0.25) is 0 Å². The van der Waals surface area contributed by atoms with Gasteiger partial charge in [0.15, 0.2) is 5.41 Å². The van der Waals surface area contributed by atoms with E-state index in [0.29, 0.717) is 11.3 Å². The molecule has 1 N–H and O–H groups in total. The van der Waals surface area contributed by atoms with E-state index in [4.69, 9.17) is 9.47 Å². The first-order valence-electron chi connectivity index (χ1n) is 8.64. The Morgan fingerprint density at radius 2 is 1.86 bits per heavy atom. The van der Waals surface area contributed by atoms with Gasteiger partial charge in [0, 0.05) is 20.5 Å². The summed E-state index contributed by atoms with van der Waals surface area (Å²) in [6.07, 6.45) is 0.00443. The van der Waals surface area contributed by atoms with Crippen molar-refractivity contribution in [1.29, 1.82) is 0 Å². The summed E-state index contributed by atoms with van der Waals surface area (Å²) in [4.78, 5) is 26.1. The molecule has 0 spiro atoms. The van der Waals surface area contributed by atoms with Gasteiger partial charge in [-0.15, -0.1) is 11.3 Å². The Balaban J connectivity index is 2.12. The van der Waals surface area contributed by atoms with Crippen LogP contribution < -0.4 is 4.74 Å². The minimum atomic E-state index is -1.83. The first kappa shape index (κ1) is 20.4. The lowest BCUT2D eigenvalue weighted by Gasteiger charge is -2.27. The number of rotatable bonds is 7. The highest BCUT2D eigenvalue weighted by molar-refractivity contribution is 9.10. The fraction of sp³-hybridized carbons (Fsp3) is 0.238. The maximum absolute atomic E-state index is 12.9. The first-order chi connectivity index (χ1) is 13.4. The second kappa shape index (κ2) is 8.32. The average Bonchev–Trinajstić information content (AvgIpc) is 3.07. The molecule has 0 amide bonds. The number of hydrogen-bond donors (Lipinski definition) is 1. The van der Waals surface area contributed by atoms with Crippen LogP contribution in [0.2, 0.25) is 0 Å². The zero-order valence-corrected chi connectivity index (χ0v) is 17.8. The van der Waals surface area contributed by atoms with E-state index < -0.39 is 17.4 Å². The summed E-state index contributed by atoms with van der Waals surface area (Å²) in [5, 5.41) is 11.1. The van der Waals surface area contributed by atoms with Crippen molar-refractivity contribution in [3.8, 4) is 5.75 Å². The van der Waals surface area contributed by atoms with Gasteiger partial charge in [0.1, 0.15) is 5.75 Å². The molecule has 0 aliphatic carbocycles. The minimum absolute atomic E-state index is 0.00443. The van der Waals surface area contributed by atoms with E-state index in [-0.39, 0.29) is 13.0 Å². The highest BCUT2D eigenvalue weighted by Gasteiger charge is 2.50. The predicted molar refractivity (Wildman–Crippen MR) is 112 cm³/mol. The largest absolute Gasteiger partial charge is 0.497 e. The van der Waals surface area contributed by atoms with Crippen LogP contribution in [0.3, 0.4) is 0 Å². The monoisotopic (exact) mass is 462 g/mol. The lowest BCUT2D eigenvalue weighted by molar-refractivity contribution is -0.161. The van der Waals surface area contributed by atoms with Crippen LogP contribution >= 0.6 is 27.3 Å². The molecule has 28 heavy (non-hydrogen) atoms. The molecule has 1 aromatic heterocycles. The molecule has 0 radical (unpaired) electrons. The van der Waals surface area contributed by atoms with Crippen molar-refractivity contribution < 1.29 is 24.2 Å². The molecule has 3 rings (SSSR count). The standard InChI is InChI=1S/C21H19BrO5S/c1-3-27-20(25)21(19(23)24,14-4-7-16(26-2)8-5-14)12-17-11-13-10-15(22)6-9-18(13)28-17/h4-11H,3,12H2,1-2H3,(H,23,24). The number of halogens is 1. The van der Waals surface area contributed by atoms with E-state index in [1.165, 1.54) is 18.4 Å². The number of aliphatic carboxylic acids is 1. The number of methoxy groups -OCH3 is 1. The molecule has 1 atom stereocenters. The van der Waals surface area contributed by atoms with E-state index in [9.17, 15) is 14.7 Å². The van der Waals surface area contributed by atoms with Gasteiger partial charge in [-0.2, -0.15) is 0 Å².